The minimum atomic E-state index is 0.384. The van der Waals surface area contributed by atoms with E-state index < -0.39 is 0 Å². The van der Waals surface area contributed by atoms with Crippen LogP contribution in [0.4, 0.5) is 5.82 Å². The van der Waals surface area contributed by atoms with Crippen molar-refractivity contribution in [2.45, 2.75) is 25.9 Å². The van der Waals surface area contributed by atoms with E-state index >= 15 is 0 Å². The van der Waals surface area contributed by atoms with E-state index in [2.05, 4.69) is 70.3 Å². The van der Waals surface area contributed by atoms with Crippen LogP contribution < -0.4 is 4.90 Å². The van der Waals surface area contributed by atoms with Gasteiger partial charge in [-0.05, 0) is 31.5 Å². The monoisotopic (exact) mass is 342 g/mol. The second-order valence-electron chi connectivity index (χ2n) is 6.35. The Hall–Kier alpha value is -1.91. The van der Waals surface area contributed by atoms with Gasteiger partial charge in [-0.1, -0.05) is 54.1 Å². The van der Waals surface area contributed by atoms with Crippen LogP contribution in [0, 0.1) is 0 Å². The quantitative estimate of drug-likeness (QED) is 0.847. The van der Waals surface area contributed by atoms with Crippen molar-refractivity contribution in [1.82, 2.24) is 15.1 Å². The molecule has 1 aromatic heterocycles. The predicted molar refractivity (Wildman–Crippen MR) is 100 cm³/mol. The molecule has 0 bridgehead atoms. The maximum absolute atomic E-state index is 5.85. The van der Waals surface area contributed by atoms with E-state index in [0.717, 1.165) is 25.5 Å². The summed E-state index contributed by atoms with van der Waals surface area (Å²) in [6.07, 6.45) is 4.43. The van der Waals surface area contributed by atoms with Gasteiger partial charge >= 0.3 is 0 Å². The molecule has 1 fully saturated rings. The molecule has 1 saturated heterocycles. The number of hydrogen-bond donors (Lipinski definition) is 0. The molecule has 2 aromatic rings. The highest BCUT2D eigenvalue weighted by atomic mass is 35.5. The number of rotatable bonds is 4. The van der Waals surface area contributed by atoms with Gasteiger partial charge in [0.1, 0.15) is 0 Å². The standard InChI is InChI=1S/C19H23ClN4/c1-15-13-23(12-6-9-17-7-4-3-5-8-17)14-16(2)24(15)19-11-10-18(20)21-22-19/h3-11,15-16H,12-14H2,1-2H3. The number of nitrogens with zero attached hydrogens (tertiary/aromatic N) is 4. The number of aromatic nitrogens is 2. The summed E-state index contributed by atoms with van der Waals surface area (Å²) in [5.74, 6) is 0.902. The molecular formula is C19H23ClN4. The van der Waals surface area contributed by atoms with Crippen molar-refractivity contribution < 1.29 is 0 Å². The van der Waals surface area contributed by atoms with Gasteiger partial charge < -0.3 is 4.90 Å². The molecule has 126 valence electrons. The first-order valence-corrected chi connectivity index (χ1v) is 8.73. The molecule has 0 spiro atoms. The lowest BCUT2D eigenvalue weighted by Crippen LogP contribution is -2.57. The predicted octanol–water partition coefficient (Wildman–Crippen LogP) is 3.74. The molecule has 2 unspecified atom stereocenters. The second-order valence-corrected chi connectivity index (χ2v) is 6.74. The zero-order chi connectivity index (χ0) is 16.9. The molecule has 1 aliphatic rings. The lowest BCUT2D eigenvalue weighted by atomic mass is 10.1. The Morgan fingerprint density at radius 2 is 1.75 bits per heavy atom. The van der Waals surface area contributed by atoms with Crippen molar-refractivity contribution in [2.24, 2.45) is 0 Å². The first-order valence-electron chi connectivity index (χ1n) is 8.35. The van der Waals surface area contributed by atoms with E-state index in [0.29, 0.717) is 17.2 Å². The van der Waals surface area contributed by atoms with Crippen molar-refractivity contribution in [3.63, 3.8) is 0 Å². The summed E-state index contributed by atoms with van der Waals surface area (Å²) in [7, 11) is 0. The normalized spacial score (nSPS) is 22.2. The average molecular weight is 343 g/mol. The third-order valence-corrected chi connectivity index (χ3v) is 4.55. The van der Waals surface area contributed by atoms with Crippen molar-refractivity contribution in [3.05, 3.63) is 59.3 Å². The van der Waals surface area contributed by atoms with Gasteiger partial charge in [0.05, 0.1) is 0 Å². The van der Waals surface area contributed by atoms with E-state index in [1.165, 1.54) is 5.56 Å². The summed E-state index contributed by atoms with van der Waals surface area (Å²) in [4.78, 5) is 4.81. The van der Waals surface area contributed by atoms with Gasteiger partial charge in [-0.15, -0.1) is 10.2 Å². The van der Waals surface area contributed by atoms with E-state index in [9.17, 15) is 0 Å². The summed E-state index contributed by atoms with van der Waals surface area (Å²) < 4.78 is 0. The molecule has 2 heterocycles. The zero-order valence-electron chi connectivity index (χ0n) is 14.1. The van der Waals surface area contributed by atoms with Gasteiger partial charge in [0.15, 0.2) is 11.0 Å². The fraction of sp³-hybridized carbons (Fsp3) is 0.368. The fourth-order valence-corrected chi connectivity index (χ4v) is 3.48. The topological polar surface area (TPSA) is 32.3 Å². The fourth-order valence-electron chi connectivity index (χ4n) is 3.38. The Bertz CT molecular complexity index is 660. The molecule has 3 rings (SSSR count). The van der Waals surface area contributed by atoms with Gasteiger partial charge in [0.25, 0.3) is 0 Å². The van der Waals surface area contributed by atoms with Crippen molar-refractivity contribution >= 4 is 23.5 Å². The van der Waals surface area contributed by atoms with Gasteiger partial charge in [0, 0.05) is 31.7 Å². The highest BCUT2D eigenvalue weighted by Gasteiger charge is 2.29. The maximum atomic E-state index is 5.85. The van der Waals surface area contributed by atoms with Crippen LogP contribution in [0.25, 0.3) is 6.08 Å². The Balaban J connectivity index is 1.60. The Kier molecular flexibility index (Phi) is 5.48. The SMILES string of the molecule is CC1CN(CC=Cc2ccccc2)CC(C)N1c1ccc(Cl)nn1. The number of halogens is 1. The third-order valence-electron chi connectivity index (χ3n) is 4.35. The molecule has 0 saturated carbocycles. The van der Waals surface area contributed by atoms with E-state index in [4.69, 9.17) is 11.6 Å². The summed E-state index contributed by atoms with van der Waals surface area (Å²) in [6, 6.07) is 14.9. The molecule has 24 heavy (non-hydrogen) atoms. The van der Waals surface area contributed by atoms with Crippen LogP contribution in [0.1, 0.15) is 19.4 Å². The summed E-state index contributed by atoms with van der Waals surface area (Å²) in [5.41, 5.74) is 1.24. The zero-order valence-corrected chi connectivity index (χ0v) is 14.9. The van der Waals surface area contributed by atoms with Crippen LogP contribution in [0.2, 0.25) is 5.15 Å². The molecule has 2 atom stereocenters. The number of hydrogen-bond acceptors (Lipinski definition) is 4. The van der Waals surface area contributed by atoms with Gasteiger partial charge in [-0.3, -0.25) is 4.90 Å². The molecule has 1 aromatic carbocycles. The summed E-state index contributed by atoms with van der Waals surface area (Å²) in [6.45, 7) is 7.45. The average Bonchev–Trinajstić information content (AvgIpc) is 2.57. The van der Waals surface area contributed by atoms with Gasteiger partial charge in [-0.2, -0.15) is 0 Å². The van der Waals surface area contributed by atoms with Crippen LogP contribution >= 0.6 is 11.6 Å². The van der Waals surface area contributed by atoms with Crippen LogP contribution in [0.5, 0.6) is 0 Å². The van der Waals surface area contributed by atoms with Crippen molar-refractivity contribution in [2.75, 3.05) is 24.5 Å². The smallest absolute Gasteiger partial charge is 0.151 e. The number of benzene rings is 1. The highest BCUT2D eigenvalue weighted by Crippen LogP contribution is 2.23. The molecule has 4 nitrogen and oxygen atoms in total. The molecule has 1 aliphatic heterocycles. The van der Waals surface area contributed by atoms with Crippen LogP contribution in [0.15, 0.2) is 48.5 Å². The third kappa shape index (κ3) is 4.13. The molecule has 0 aliphatic carbocycles. The molecule has 5 heteroatoms. The van der Waals surface area contributed by atoms with Crippen LogP contribution in [-0.4, -0.2) is 46.8 Å². The van der Waals surface area contributed by atoms with E-state index in [1.54, 1.807) is 6.07 Å². The second kappa shape index (κ2) is 7.77. The minimum Gasteiger partial charge on any atom is -0.347 e. The Labute approximate surface area is 148 Å². The first-order chi connectivity index (χ1) is 11.6. The minimum absolute atomic E-state index is 0.384. The Morgan fingerprint density at radius 3 is 2.38 bits per heavy atom. The summed E-state index contributed by atoms with van der Waals surface area (Å²) in [5, 5.41) is 8.65. The van der Waals surface area contributed by atoms with Gasteiger partial charge in [-0.25, -0.2) is 0 Å². The molecule has 0 amide bonds. The largest absolute Gasteiger partial charge is 0.347 e. The summed E-state index contributed by atoms with van der Waals surface area (Å²) >= 11 is 5.85. The molecule has 0 N–H and O–H groups in total. The lowest BCUT2D eigenvalue weighted by Gasteiger charge is -2.44. The molecular weight excluding hydrogens is 320 g/mol. The Morgan fingerprint density at radius 1 is 1.04 bits per heavy atom. The lowest BCUT2D eigenvalue weighted by molar-refractivity contribution is 0.218. The van der Waals surface area contributed by atoms with Crippen molar-refractivity contribution in [1.29, 1.82) is 0 Å². The highest BCUT2D eigenvalue weighted by molar-refractivity contribution is 6.29. The van der Waals surface area contributed by atoms with E-state index in [-0.39, 0.29) is 0 Å². The maximum Gasteiger partial charge on any atom is 0.151 e. The number of anilines is 1. The van der Waals surface area contributed by atoms with Crippen LogP contribution in [-0.2, 0) is 0 Å². The van der Waals surface area contributed by atoms with Crippen molar-refractivity contribution in [3.8, 4) is 0 Å². The number of piperazine rings is 1. The first kappa shape index (κ1) is 16.9. The van der Waals surface area contributed by atoms with E-state index in [1.807, 2.05) is 12.1 Å². The van der Waals surface area contributed by atoms with Gasteiger partial charge in [0.2, 0.25) is 0 Å². The molecule has 0 radical (unpaired) electrons. The van der Waals surface area contributed by atoms with Crippen LogP contribution in [0.3, 0.4) is 0 Å².